The van der Waals surface area contributed by atoms with Crippen LogP contribution in [0.2, 0.25) is 0 Å². The SMILES string of the molecule is CC(CN)N1CCN(C(=O)NC2CCCC2)CC1. The number of amides is 2. The van der Waals surface area contributed by atoms with Crippen LogP contribution in [0.5, 0.6) is 0 Å². The summed E-state index contributed by atoms with van der Waals surface area (Å²) in [6, 6.07) is 0.963. The average Bonchev–Trinajstić information content (AvgIpc) is 2.91. The highest BCUT2D eigenvalue weighted by atomic mass is 16.2. The van der Waals surface area contributed by atoms with Crippen molar-refractivity contribution < 1.29 is 4.79 Å². The number of urea groups is 1. The van der Waals surface area contributed by atoms with Crippen molar-refractivity contribution in [2.75, 3.05) is 32.7 Å². The number of carbonyl (C=O) groups excluding carboxylic acids is 1. The smallest absolute Gasteiger partial charge is 0.317 e. The molecule has 0 radical (unpaired) electrons. The number of nitrogens with one attached hydrogen (secondary N) is 1. The maximum atomic E-state index is 12.1. The normalized spacial score (nSPS) is 24.2. The maximum Gasteiger partial charge on any atom is 0.317 e. The Kier molecular flexibility index (Phi) is 4.83. The van der Waals surface area contributed by atoms with Crippen LogP contribution in [0.4, 0.5) is 4.79 Å². The molecule has 3 N–H and O–H groups in total. The largest absolute Gasteiger partial charge is 0.335 e. The van der Waals surface area contributed by atoms with Crippen molar-refractivity contribution in [3.63, 3.8) is 0 Å². The van der Waals surface area contributed by atoms with E-state index >= 15 is 0 Å². The first kappa shape index (κ1) is 13.6. The molecule has 0 spiro atoms. The molecule has 1 saturated heterocycles. The Morgan fingerprint density at radius 1 is 1.28 bits per heavy atom. The van der Waals surface area contributed by atoms with Crippen LogP contribution in [-0.2, 0) is 0 Å². The van der Waals surface area contributed by atoms with E-state index < -0.39 is 0 Å². The van der Waals surface area contributed by atoms with Crippen molar-refractivity contribution in [2.24, 2.45) is 5.73 Å². The highest BCUT2D eigenvalue weighted by Gasteiger charge is 2.25. The number of hydrogen-bond donors (Lipinski definition) is 2. The summed E-state index contributed by atoms with van der Waals surface area (Å²) in [6.45, 7) is 6.36. The monoisotopic (exact) mass is 254 g/mol. The van der Waals surface area contributed by atoms with Crippen LogP contribution in [0.3, 0.4) is 0 Å². The molecular formula is C13H26N4O. The Bertz CT molecular complexity index is 270. The Hall–Kier alpha value is -0.810. The standard InChI is InChI=1S/C13H26N4O/c1-11(10-14)16-6-8-17(9-7-16)13(18)15-12-4-2-3-5-12/h11-12H,2-10,14H2,1H3,(H,15,18). The fraction of sp³-hybridized carbons (Fsp3) is 0.923. The number of nitrogens with zero attached hydrogens (tertiary/aromatic N) is 2. The van der Waals surface area contributed by atoms with Gasteiger partial charge in [-0.05, 0) is 19.8 Å². The number of hydrogen-bond acceptors (Lipinski definition) is 3. The summed E-state index contributed by atoms with van der Waals surface area (Å²) in [5.41, 5.74) is 5.67. The number of carbonyl (C=O) groups is 1. The fourth-order valence-corrected chi connectivity index (χ4v) is 2.85. The van der Waals surface area contributed by atoms with Gasteiger partial charge >= 0.3 is 6.03 Å². The highest BCUT2D eigenvalue weighted by molar-refractivity contribution is 5.74. The number of rotatable bonds is 3. The lowest BCUT2D eigenvalue weighted by Crippen LogP contribution is -2.55. The van der Waals surface area contributed by atoms with Gasteiger partial charge in [-0.3, -0.25) is 4.90 Å². The van der Waals surface area contributed by atoms with E-state index in [0.717, 1.165) is 39.0 Å². The van der Waals surface area contributed by atoms with Crippen LogP contribution >= 0.6 is 0 Å². The van der Waals surface area contributed by atoms with E-state index in [4.69, 9.17) is 5.73 Å². The molecule has 18 heavy (non-hydrogen) atoms. The summed E-state index contributed by atoms with van der Waals surface area (Å²) in [7, 11) is 0. The Balaban J connectivity index is 1.73. The van der Waals surface area contributed by atoms with Crippen LogP contribution in [-0.4, -0.2) is 60.6 Å². The summed E-state index contributed by atoms with van der Waals surface area (Å²) in [4.78, 5) is 16.4. The van der Waals surface area contributed by atoms with Gasteiger partial charge in [0.15, 0.2) is 0 Å². The van der Waals surface area contributed by atoms with E-state index in [2.05, 4.69) is 17.1 Å². The van der Waals surface area contributed by atoms with Crippen LogP contribution in [0, 0.1) is 0 Å². The Labute approximate surface area is 110 Å². The van der Waals surface area contributed by atoms with Gasteiger partial charge in [-0.2, -0.15) is 0 Å². The third-order valence-corrected chi connectivity index (χ3v) is 4.25. The second kappa shape index (κ2) is 6.38. The molecule has 2 rings (SSSR count). The predicted molar refractivity (Wildman–Crippen MR) is 72.5 cm³/mol. The molecule has 1 unspecified atom stereocenters. The summed E-state index contributed by atoms with van der Waals surface area (Å²) in [5.74, 6) is 0. The van der Waals surface area contributed by atoms with Crippen LogP contribution in [0.1, 0.15) is 32.6 Å². The molecule has 2 fully saturated rings. The van der Waals surface area contributed by atoms with Crippen LogP contribution in [0.15, 0.2) is 0 Å². The Morgan fingerprint density at radius 2 is 1.89 bits per heavy atom. The molecule has 0 aromatic carbocycles. The predicted octanol–water partition coefficient (Wildman–Crippen LogP) is 0.603. The van der Waals surface area contributed by atoms with Crippen molar-refractivity contribution in [1.29, 1.82) is 0 Å². The second-order valence-corrected chi connectivity index (χ2v) is 5.54. The van der Waals surface area contributed by atoms with Crippen molar-refractivity contribution >= 4 is 6.03 Å². The van der Waals surface area contributed by atoms with Crippen molar-refractivity contribution in [3.05, 3.63) is 0 Å². The van der Waals surface area contributed by atoms with E-state index in [1.807, 2.05) is 4.90 Å². The first-order chi connectivity index (χ1) is 8.70. The van der Waals surface area contributed by atoms with Crippen LogP contribution in [0.25, 0.3) is 0 Å². The van der Waals surface area contributed by atoms with Gasteiger partial charge < -0.3 is 16.0 Å². The number of nitrogens with two attached hydrogens (primary N) is 1. The zero-order valence-corrected chi connectivity index (χ0v) is 11.4. The van der Waals surface area contributed by atoms with E-state index in [0.29, 0.717) is 18.6 Å². The zero-order valence-electron chi connectivity index (χ0n) is 11.4. The van der Waals surface area contributed by atoms with E-state index in [-0.39, 0.29) is 6.03 Å². The van der Waals surface area contributed by atoms with E-state index in [9.17, 15) is 4.79 Å². The van der Waals surface area contributed by atoms with Gasteiger partial charge in [0.25, 0.3) is 0 Å². The quantitative estimate of drug-likeness (QED) is 0.775. The lowest BCUT2D eigenvalue weighted by atomic mass is 10.2. The third kappa shape index (κ3) is 3.36. The third-order valence-electron chi connectivity index (χ3n) is 4.25. The molecule has 1 aliphatic heterocycles. The fourth-order valence-electron chi connectivity index (χ4n) is 2.85. The van der Waals surface area contributed by atoms with E-state index in [1.54, 1.807) is 0 Å². The summed E-state index contributed by atoms with van der Waals surface area (Å²) < 4.78 is 0. The van der Waals surface area contributed by atoms with Gasteiger partial charge in [-0.1, -0.05) is 12.8 Å². The molecule has 5 heteroatoms. The summed E-state index contributed by atoms with van der Waals surface area (Å²) in [5, 5.41) is 3.15. The van der Waals surface area contributed by atoms with Gasteiger partial charge in [0.1, 0.15) is 0 Å². The molecule has 1 atom stereocenters. The lowest BCUT2D eigenvalue weighted by Gasteiger charge is -2.38. The van der Waals surface area contributed by atoms with Gasteiger partial charge in [-0.15, -0.1) is 0 Å². The summed E-state index contributed by atoms with van der Waals surface area (Å²) in [6.07, 6.45) is 4.81. The maximum absolute atomic E-state index is 12.1. The summed E-state index contributed by atoms with van der Waals surface area (Å²) >= 11 is 0. The molecule has 0 aromatic rings. The number of piperazine rings is 1. The topological polar surface area (TPSA) is 61.6 Å². The molecule has 0 bridgehead atoms. The minimum Gasteiger partial charge on any atom is -0.335 e. The first-order valence-electron chi connectivity index (χ1n) is 7.20. The highest BCUT2D eigenvalue weighted by Crippen LogP contribution is 2.18. The lowest BCUT2D eigenvalue weighted by molar-refractivity contribution is 0.115. The molecule has 2 aliphatic rings. The molecule has 2 amide bonds. The van der Waals surface area contributed by atoms with Gasteiger partial charge in [0.05, 0.1) is 0 Å². The molecule has 5 nitrogen and oxygen atoms in total. The second-order valence-electron chi connectivity index (χ2n) is 5.54. The van der Waals surface area contributed by atoms with E-state index in [1.165, 1.54) is 12.8 Å². The molecule has 1 heterocycles. The zero-order chi connectivity index (χ0) is 13.0. The first-order valence-corrected chi connectivity index (χ1v) is 7.20. The Morgan fingerprint density at radius 3 is 2.44 bits per heavy atom. The van der Waals surface area contributed by atoms with Gasteiger partial charge in [-0.25, -0.2) is 4.79 Å². The van der Waals surface area contributed by atoms with Crippen molar-refractivity contribution in [3.8, 4) is 0 Å². The van der Waals surface area contributed by atoms with Crippen molar-refractivity contribution in [1.82, 2.24) is 15.1 Å². The molecule has 104 valence electrons. The van der Waals surface area contributed by atoms with Crippen LogP contribution < -0.4 is 11.1 Å². The van der Waals surface area contributed by atoms with Gasteiger partial charge in [0.2, 0.25) is 0 Å². The average molecular weight is 254 g/mol. The molecule has 1 aliphatic carbocycles. The molecular weight excluding hydrogens is 228 g/mol. The van der Waals surface area contributed by atoms with Gasteiger partial charge in [0, 0.05) is 44.8 Å². The molecule has 1 saturated carbocycles. The minimum atomic E-state index is 0.127. The van der Waals surface area contributed by atoms with Crippen molar-refractivity contribution in [2.45, 2.75) is 44.7 Å². The minimum absolute atomic E-state index is 0.127. The molecule has 0 aromatic heterocycles.